The molecular formula is C11H23NO. The number of likely N-dealkylation sites (tertiary alicyclic amines) is 1. The summed E-state index contributed by atoms with van der Waals surface area (Å²) >= 11 is 0. The van der Waals surface area contributed by atoms with Gasteiger partial charge in [0.1, 0.15) is 0 Å². The van der Waals surface area contributed by atoms with E-state index >= 15 is 0 Å². The first-order valence-corrected chi connectivity index (χ1v) is 5.36. The van der Waals surface area contributed by atoms with Crippen molar-refractivity contribution in [3.8, 4) is 0 Å². The van der Waals surface area contributed by atoms with Crippen LogP contribution in [0.25, 0.3) is 0 Å². The molecule has 1 heterocycles. The van der Waals surface area contributed by atoms with Gasteiger partial charge in [0.25, 0.3) is 0 Å². The molecule has 0 radical (unpaired) electrons. The van der Waals surface area contributed by atoms with Crippen molar-refractivity contribution in [2.24, 2.45) is 5.92 Å². The zero-order valence-electron chi connectivity index (χ0n) is 9.58. The Labute approximate surface area is 82.3 Å². The van der Waals surface area contributed by atoms with Crippen LogP contribution in [0.15, 0.2) is 0 Å². The van der Waals surface area contributed by atoms with Crippen LogP contribution in [0.5, 0.6) is 0 Å². The Balaban J connectivity index is 2.42. The molecule has 0 bridgehead atoms. The van der Waals surface area contributed by atoms with E-state index < -0.39 is 0 Å². The molecular weight excluding hydrogens is 162 g/mol. The molecule has 2 heteroatoms. The second kappa shape index (κ2) is 4.43. The predicted octanol–water partition coefficient (Wildman–Crippen LogP) is 2.14. The summed E-state index contributed by atoms with van der Waals surface area (Å²) in [6.07, 6.45) is 2.00. The largest absolute Gasteiger partial charge is 0.374 e. The Kier molecular flexibility index (Phi) is 3.74. The van der Waals surface area contributed by atoms with Crippen molar-refractivity contribution < 1.29 is 4.74 Å². The summed E-state index contributed by atoms with van der Waals surface area (Å²) in [5.41, 5.74) is 0. The zero-order valence-corrected chi connectivity index (χ0v) is 9.58. The zero-order chi connectivity index (χ0) is 10.0. The van der Waals surface area contributed by atoms with Crippen molar-refractivity contribution in [3.05, 3.63) is 0 Å². The van der Waals surface area contributed by atoms with Crippen molar-refractivity contribution in [2.75, 3.05) is 13.6 Å². The van der Waals surface area contributed by atoms with Gasteiger partial charge in [0.15, 0.2) is 0 Å². The molecule has 2 unspecified atom stereocenters. The van der Waals surface area contributed by atoms with Crippen LogP contribution in [-0.4, -0.2) is 36.7 Å². The van der Waals surface area contributed by atoms with Crippen LogP contribution in [0.4, 0.5) is 0 Å². The Morgan fingerprint density at radius 1 is 1.31 bits per heavy atom. The van der Waals surface area contributed by atoms with Gasteiger partial charge in [0.05, 0.1) is 12.2 Å². The maximum absolute atomic E-state index is 5.81. The monoisotopic (exact) mass is 185 g/mol. The van der Waals surface area contributed by atoms with Crippen LogP contribution < -0.4 is 0 Å². The normalized spacial score (nSPS) is 32.8. The number of hydrogen-bond acceptors (Lipinski definition) is 2. The number of ether oxygens (including phenoxy) is 1. The van der Waals surface area contributed by atoms with Crippen molar-refractivity contribution >= 4 is 0 Å². The van der Waals surface area contributed by atoms with E-state index in [4.69, 9.17) is 4.74 Å². The summed E-state index contributed by atoms with van der Waals surface area (Å²) in [5.74, 6) is 0.827. The van der Waals surface area contributed by atoms with Crippen molar-refractivity contribution in [1.29, 1.82) is 0 Å². The lowest BCUT2D eigenvalue weighted by atomic mass is 10.0. The highest BCUT2D eigenvalue weighted by molar-refractivity contribution is 4.85. The summed E-state index contributed by atoms with van der Waals surface area (Å²) in [4.78, 5) is 2.43. The third-order valence-electron chi connectivity index (χ3n) is 2.84. The number of hydrogen-bond donors (Lipinski definition) is 0. The highest BCUT2D eigenvalue weighted by atomic mass is 16.5. The van der Waals surface area contributed by atoms with Gasteiger partial charge in [-0.25, -0.2) is 0 Å². The van der Waals surface area contributed by atoms with E-state index in [1.807, 2.05) is 0 Å². The average Bonchev–Trinajstić information content (AvgIpc) is 2.28. The Morgan fingerprint density at radius 2 is 1.92 bits per heavy atom. The van der Waals surface area contributed by atoms with Crippen LogP contribution in [0, 0.1) is 5.92 Å². The minimum atomic E-state index is 0.347. The lowest BCUT2D eigenvalue weighted by molar-refractivity contribution is -0.0202. The summed E-state index contributed by atoms with van der Waals surface area (Å²) in [7, 11) is 2.20. The molecule has 0 spiro atoms. The maximum atomic E-state index is 5.81. The molecule has 2 nitrogen and oxygen atoms in total. The average molecular weight is 185 g/mol. The SMILES string of the molecule is CC1CC([C@H](C)OC(C)C)N(C)C1. The molecule has 0 N–H and O–H groups in total. The molecule has 13 heavy (non-hydrogen) atoms. The van der Waals surface area contributed by atoms with Crippen LogP contribution in [0.2, 0.25) is 0 Å². The Morgan fingerprint density at radius 3 is 2.31 bits per heavy atom. The van der Waals surface area contributed by atoms with Gasteiger partial charge in [-0.2, -0.15) is 0 Å². The first kappa shape index (κ1) is 11.0. The van der Waals surface area contributed by atoms with Gasteiger partial charge in [0, 0.05) is 12.6 Å². The minimum absolute atomic E-state index is 0.347. The summed E-state index contributed by atoms with van der Waals surface area (Å²) < 4.78 is 5.81. The first-order valence-electron chi connectivity index (χ1n) is 5.36. The molecule has 0 saturated carbocycles. The third kappa shape index (κ3) is 2.96. The second-order valence-corrected chi connectivity index (χ2v) is 4.74. The summed E-state index contributed by atoms with van der Waals surface area (Å²) in [5, 5.41) is 0. The summed E-state index contributed by atoms with van der Waals surface area (Å²) in [6, 6.07) is 0.623. The van der Waals surface area contributed by atoms with E-state index in [-0.39, 0.29) is 0 Å². The van der Waals surface area contributed by atoms with Crippen molar-refractivity contribution in [3.63, 3.8) is 0 Å². The fourth-order valence-corrected chi connectivity index (χ4v) is 2.36. The molecule has 1 rings (SSSR count). The molecule has 0 amide bonds. The third-order valence-corrected chi connectivity index (χ3v) is 2.84. The lowest BCUT2D eigenvalue weighted by Crippen LogP contribution is -2.37. The topological polar surface area (TPSA) is 12.5 Å². The van der Waals surface area contributed by atoms with Crippen LogP contribution in [0.1, 0.15) is 34.1 Å². The quantitative estimate of drug-likeness (QED) is 0.668. The van der Waals surface area contributed by atoms with Crippen LogP contribution >= 0.6 is 0 Å². The number of rotatable bonds is 3. The van der Waals surface area contributed by atoms with Gasteiger partial charge >= 0.3 is 0 Å². The van der Waals surface area contributed by atoms with Gasteiger partial charge in [-0.1, -0.05) is 6.92 Å². The molecule has 1 aliphatic heterocycles. The fraction of sp³-hybridized carbons (Fsp3) is 1.00. The van der Waals surface area contributed by atoms with E-state index in [1.54, 1.807) is 0 Å². The van der Waals surface area contributed by atoms with Gasteiger partial charge in [0.2, 0.25) is 0 Å². The molecule has 78 valence electrons. The highest BCUT2D eigenvalue weighted by Gasteiger charge is 2.31. The Bertz CT molecular complexity index is 158. The predicted molar refractivity (Wildman–Crippen MR) is 55.9 cm³/mol. The molecule has 0 aliphatic carbocycles. The second-order valence-electron chi connectivity index (χ2n) is 4.74. The van der Waals surface area contributed by atoms with Gasteiger partial charge in [-0.3, -0.25) is 0 Å². The molecule has 0 aromatic carbocycles. The van der Waals surface area contributed by atoms with Crippen molar-refractivity contribution in [2.45, 2.75) is 52.4 Å². The molecule has 0 aromatic rings. The fourth-order valence-electron chi connectivity index (χ4n) is 2.36. The molecule has 1 saturated heterocycles. The van der Waals surface area contributed by atoms with Gasteiger partial charge in [-0.05, 0) is 40.2 Å². The lowest BCUT2D eigenvalue weighted by Gasteiger charge is -2.27. The smallest absolute Gasteiger partial charge is 0.0705 e. The maximum Gasteiger partial charge on any atom is 0.0705 e. The molecule has 3 atom stereocenters. The van der Waals surface area contributed by atoms with E-state index in [1.165, 1.54) is 13.0 Å². The van der Waals surface area contributed by atoms with Crippen LogP contribution in [0.3, 0.4) is 0 Å². The van der Waals surface area contributed by atoms with E-state index in [9.17, 15) is 0 Å². The van der Waals surface area contributed by atoms with E-state index in [0.717, 1.165) is 5.92 Å². The Hall–Kier alpha value is -0.0800. The molecule has 1 aliphatic rings. The molecule has 1 fully saturated rings. The van der Waals surface area contributed by atoms with Crippen LogP contribution in [-0.2, 0) is 4.74 Å². The summed E-state index contributed by atoms with van der Waals surface area (Å²) in [6.45, 7) is 9.94. The van der Waals surface area contributed by atoms with E-state index in [2.05, 4.69) is 39.6 Å². The number of nitrogens with zero attached hydrogens (tertiary/aromatic N) is 1. The number of likely N-dealkylation sites (N-methyl/N-ethyl adjacent to an activating group) is 1. The first-order chi connectivity index (χ1) is 6.00. The van der Waals surface area contributed by atoms with Gasteiger partial charge < -0.3 is 9.64 Å². The molecule has 0 aromatic heterocycles. The van der Waals surface area contributed by atoms with Crippen molar-refractivity contribution in [1.82, 2.24) is 4.90 Å². The van der Waals surface area contributed by atoms with Gasteiger partial charge in [-0.15, -0.1) is 0 Å². The highest BCUT2D eigenvalue weighted by Crippen LogP contribution is 2.25. The van der Waals surface area contributed by atoms with E-state index in [0.29, 0.717) is 18.2 Å². The minimum Gasteiger partial charge on any atom is -0.374 e. The standard InChI is InChI=1S/C11H23NO/c1-8(2)13-10(4)11-6-9(3)7-12(11)5/h8-11H,6-7H2,1-5H3/t9?,10-,11?/m0/s1.